The molecule has 0 atom stereocenters. The summed E-state index contributed by atoms with van der Waals surface area (Å²) in [6, 6.07) is 8.12. The molecule has 90 valence electrons. The summed E-state index contributed by atoms with van der Waals surface area (Å²) in [5, 5.41) is 8.78. The zero-order valence-corrected chi connectivity index (χ0v) is 10.8. The predicted molar refractivity (Wildman–Crippen MR) is 67.0 cm³/mol. The van der Waals surface area contributed by atoms with Crippen LogP contribution in [0.25, 0.3) is 0 Å². The van der Waals surface area contributed by atoms with Gasteiger partial charge in [0.1, 0.15) is 0 Å². The largest absolute Gasteiger partial charge is 0.243 e. The molecule has 0 radical (unpaired) electrons. The van der Waals surface area contributed by atoms with E-state index in [0.29, 0.717) is 18.0 Å². The summed E-state index contributed by atoms with van der Waals surface area (Å²) in [7, 11) is -3.43. The van der Waals surface area contributed by atoms with E-state index < -0.39 is 10.0 Å². The molecule has 0 bridgehead atoms. The standard InChI is InChI=1S/C11H12N2O2S2/c12-8-10-3-1-4-11(7-10)17(14,15)13-5-2-6-16-9-13/h1,3-4,7H,2,5-6,9H2. The Kier molecular flexibility index (Phi) is 3.72. The maximum atomic E-state index is 12.3. The lowest BCUT2D eigenvalue weighted by Crippen LogP contribution is -2.34. The van der Waals surface area contributed by atoms with Gasteiger partial charge in [-0.3, -0.25) is 0 Å². The van der Waals surface area contributed by atoms with Crippen LogP contribution in [0.15, 0.2) is 29.2 Å². The monoisotopic (exact) mass is 268 g/mol. The summed E-state index contributed by atoms with van der Waals surface area (Å²) < 4.78 is 26.0. The molecule has 0 N–H and O–H groups in total. The maximum Gasteiger partial charge on any atom is 0.243 e. The van der Waals surface area contributed by atoms with Crippen LogP contribution in [0.1, 0.15) is 12.0 Å². The highest BCUT2D eigenvalue weighted by Gasteiger charge is 2.26. The number of hydrogen-bond donors (Lipinski definition) is 0. The molecule has 1 aliphatic heterocycles. The summed E-state index contributed by atoms with van der Waals surface area (Å²) in [5.41, 5.74) is 0.371. The van der Waals surface area contributed by atoms with Crippen LogP contribution in [0.3, 0.4) is 0 Å². The molecule has 0 amide bonds. The Morgan fingerprint density at radius 1 is 1.41 bits per heavy atom. The molecule has 1 heterocycles. The number of hydrogen-bond acceptors (Lipinski definition) is 4. The van der Waals surface area contributed by atoms with E-state index in [9.17, 15) is 8.42 Å². The normalized spacial score (nSPS) is 17.6. The summed E-state index contributed by atoms with van der Waals surface area (Å²) in [6.45, 7) is 0.562. The van der Waals surface area contributed by atoms with Crippen molar-refractivity contribution in [1.29, 1.82) is 5.26 Å². The molecule has 2 rings (SSSR count). The Morgan fingerprint density at radius 3 is 2.88 bits per heavy atom. The molecular weight excluding hydrogens is 256 g/mol. The zero-order valence-electron chi connectivity index (χ0n) is 9.17. The van der Waals surface area contributed by atoms with Crippen molar-refractivity contribution in [1.82, 2.24) is 4.31 Å². The molecule has 1 aliphatic rings. The van der Waals surface area contributed by atoms with E-state index in [1.165, 1.54) is 16.4 Å². The number of thioether (sulfide) groups is 1. The SMILES string of the molecule is N#Cc1cccc(S(=O)(=O)N2CCCSC2)c1. The summed E-state index contributed by atoms with van der Waals surface area (Å²) >= 11 is 1.62. The fraction of sp³-hybridized carbons (Fsp3) is 0.364. The van der Waals surface area contributed by atoms with E-state index in [4.69, 9.17) is 5.26 Å². The van der Waals surface area contributed by atoms with Crippen LogP contribution >= 0.6 is 11.8 Å². The third-order valence-corrected chi connectivity index (χ3v) is 5.61. The van der Waals surface area contributed by atoms with Crippen molar-refractivity contribution in [2.24, 2.45) is 0 Å². The highest BCUT2D eigenvalue weighted by Crippen LogP contribution is 2.23. The average molecular weight is 268 g/mol. The van der Waals surface area contributed by atoms with E-state index in [1.807, 2.05) is 6.07 Å². The zero-order chi connectivity index (χ0) is 12.3. The van der Waals surface area contributed by atoms with Crippen LogP contribution in [0.5, 0.6) is 0 Å². The lowest BCUT2D eigenvalue weighted by Gasteiger charge is -2.25. The van der Waals surface area contributed by atoms with Gasteiger partial charge in [-0.05, 0) is 30.4 Å². The van der Waals surface area contributed by atoms with E-state index in [-0.39, 0.29) is 4.90 Å². The quantitative estimate of drug-likeness (QED) is 0.818. The first-order chi connectivity index (χ1) is 8.14. The van der Waals surface area contributed by atoms with Crippen LogP contribution in [0.4, 0.5) is 0 Å². The minimum atomic E-state index is -3.43. The number of sulfonamides is 1. The van der Waals surface area contributed by atoms with Crippen molar-refractivity contribution in [2.75, 3.05) is 18.2 Å². The Labute approximate surface area is 105 Å². The molecule has 4 nitrogen and oxygen atoms in total. The van der Waals surface area contributed by atoms with Crippen LogP contribution in [0.2, 0.25) is 0 Å². The maximum absolute atomic E-state index is 12.3. The summed E-state index contributed by atoms with van der Waals surface area (Å²) in [5.74, 6) is 1.50. The van der Waals surface area contributed by atoms with Crippen LogP contribution < -0.4 is 0 Å². The molecule has 0 unspecified atom stereocenters. The molecule has 1 aromatic carbocycles. The smallest absolute Gasteiger partial charge is 0.207 e. The number of benzene rings is 1. The van der Waals surface area contributed by atoms with Gasteiger partial charge < -0.3 is 0 Å². The fourth-order valence-electron chi connectivity index (χ4n) is 1.64. The minimum Gasteiger partial charge on any atom is -0.207 e. The molecular formula is C11H12N2O2S2. The molecule has 1 saturated heterocycles. The minimum absolute atomic E-state index is 0.207. The van der Waals surface area contributed by atoms with Gasteiger partial charge in [0, 0.05) is 6.54 Å². The van der Waals surface area contributed by atoms with Crippen LogP contribution in [-0.4, -0.2) is 30.9 Å². The molecule has 0 aliphatic carbocycles. The van der Waals surface area contributed by atoms with E-state index in [2.05, 4.69) is 0 Å². The second kappa shape index (κ2) is 5.08. The number of nitrogens with zero attached hydrogens (tertiary/aromatic N) is 2. The highest BCUT2D eigenvalue weighted by molar-refractivity contribution is 8.00. The van der Waals surface area contributed by atoms with Crippen molar-refractivity contribution in [3.8, 4) is 6.07 Å². The second-order valence-electron chi connectivity index (χ2n) is 3.71. The number of nitriles is 1. The Balaban J connectivity index is 2.34. The topological polar surface area (TPSA) is 61.2 Å². The summed E-state index contributed by atoms with van der Waals surface area (Å²) in [6.07, 6.45) is 0.877. The van der Waals surface area contributed by atoms with Gasteiger partial charge in [0.05, 0.1) is 22.4 Å². The Hall–Kier alpha value is -1.03. The van der Waals surface area contributed by atoms with Gasteiger partial charge in [0.2, 0.25) is 10.0 Å². The molecule has 0 spiro atoms. The third kappa shape index (κ3) is 2.63. The highest BCUT2D eigenvalue weighted by atomic mass is 32.2. The van der Waals surface area contributed by atoms with Crippen LogP contribution in [0, 0.1) is 11.3 Å². The van der Waals surface area contributed by atoms with Crippen molar-refractivity contribution in [2.45, 2.75) is 11.3 Å². The van der Waals surface area contributed by atoms with Crippen molar-refractivity contribution >= 4 is 21.8 Å². The van der Waals surface area contributed by atoms with Gasteiger partial charge in [-0.1, -0.05) is 6.07 Å². The first-order valence-corrected chi connectivity index (χ1v) is 7.82. The van der Waals surface area contributed by atoms with Crippen molar-refractivity contribution in [3.63, 3.8) is 0 Å². The van der Waals surface area contributed by atoms with Crippen molar-refractivity contribution < 1.29 is 8.42 Å². The Bertz CT molecular complexity index is 543. The second-order valence-corrected chi connectivity index (χ2v) is 6.72. The Morgan fingerprint density at radius 2 is 2.24 bits per heavy atom. The first kappa shape index (κ1) is 12.4. The van der Waals surface area contributed by atoms with E-state index in [1.54, 1.807) is 23.9 Å². The molecule has 0 saturated carbocycles. The van der Waals surface area contributed by atoms with E-state index >= 15 is 0 Å². The average Bonchev–Trinajstić information content (AvgIpc) is 2.40. The molecule has 0 aromatic heterocycles. The van der Waals surface area contributed by atoms with Gasteiger partial charge in [0.15, 0.2) is 0 Å². The first-order valence-electron chi connectivity index (χ1n) is 5.22. The van der Waals surface area contributed by atoms with Gasteiger partial charge in [0.25, 0.3) is 0 Å². The van der Waals surface area contributed by atoms with Gasteiger partial charge in [-0.15, -0.1) is 11.8 Å². The van der Waals surface area contributed by atoms with Crippen molar-refractivity contribution in [3.05, 3.63) is 29.8 Å². The molecule has 1 aromatic rings. The van der Waals surface area contributed by atoms with Crippen LogP contribution in [-0.2, 0) is 10.0 Å². The lowest BCUT2D eigenvalue weighted by atomic mass is 10.2. The third-order valence-electron chi connectivity index (χ3n) is 2.53. The lowest BCUT2D eigenvalue weighted by molar-refractivity contribution is 0.451. The fourth-order valence-corrected chi connectivity index (χ4v) is 4.41. The van der Waals surface area contributed by atoms with E-state index in [0.717, 1.165) is 12.2 Å². The number of rotatable bonds is 2. The molecule has 17 heavy (non-hydrogen) atoms. The summed E-state index contributed by atoms with van der Waals surface area (Å²) in [4.78, 5) is 0.207. The van der Waals surface area contributed by atoms with Gasteiger partial charge >= 0.3 is 0 Å². The predicted octanol–water partition coefficient (Wildman–Crippen LogP) is 1.64. The molecule has 6 heteroatoms. The molecule has 1 fully saturated rings. The van der Waals surface area contributed by atoms with Gasteiger partial charge in [-0.2, -0.15) is 9.57 Å². The van der Waals surface area contributed by atoms with Gasteiger partial charge in [-0.25, -0.2) is 8.42 Å².